The molecule has 0 aromatic heterocycles. The third-order valence-electron chi connectivity index (χ3n) is 6.36. The van der Waals surface area contributed by atoms with Crippen LogP contribution in [0.15, 0.2) is 93.2 Å². The summed E-state index contributed by atoms with van der Waals surface area (Å²) in [6.45, 7) is 10.2. The molecule has 1 amide bonds. The molecule has 0 atom stereocenters. The van der Waals surface area contributed by atoms with Crippen LogP contribution in [0, 0.1) is 0 Å². The quantitative estimate of drug-likeness (QED) is 0.395. The second-order valence-electron chi connectivity index (χ2n) is 8.94. The molecule has 0 N–H and O–H groups in total. The van der Waals surface area contributed by atoms with Gasteiger partial charge in [-0.05, 0) is 59.7 Å². The Hall–Kier alpha value is -3.10. The smallest absolute Gasteiger partial charge is 0.284 e. The van der Waals surface area contributed by atoms with Crippen LogP contribution < -0.4 is 4.90 Å². The van der Waals surface area contributed by atoms with E-state index in [2.05, 4.69) is 41.9 Å². The summed E-state index contributed by atoms with van der Waals surface area (Å²) in [6, 6.07) is 14.9. The number of hydrogen-bond acceptors (Lipinski definition) is 5. The molecule has 2 aliphatic rings. The number of amidine groups is 1. The van der Waals surface area contributed by atoms with Crippen LogP contribution in [0.1, 0.15) is 31.9 Å². The highest BCUT2D eigenvalue weighted by atomic mass is 32.2. The molecule has 2 aromatic rings. The number of benzene rings is 2. The van der Waals surface area contributed by atoms with Crippen molar-refractivity contribution in [2.45, 2.75) is 37.5 Å². The Balaban J connectivity index is 1.68. The van der Waals surface area contributed by atoms with E-state index >= 15 is 0 Å². The van der Waals surface area contributed by atoms with E-state index in [4.69, 9.17) is 0 Å². The molecule has 0 unspecified atom stereocenters. The van der Waals surface area contributed by atoms with E-state index in [1.807, 2.05) is 32.2 Å². The highest BCUT2D eigenvalue weighted by molar-refractivity contribution is 8.19. The van der Waals surface area contributed by atoms with Gasteiger partial charge in [-0.15, -0.1) is 11.0 Å². The second-order valence-corrected chi connectivity index (χ2v) is 11.6. The van der Waals surface area contributed by atoms with Crippen LogP contribution >= 0.6 is 11.8 Å². The number of aryl methyl sites for hydroxylation is 1. The molecule has 0 bridgehead atoms. The largest absolute Gasteiger partial charge is 0.347 e. The predicted octanol–water partition coefficient (Wildman–Crippen LogP) is 5.25. The van der Waals surface area contributed by atoms with Crippen molar-refractivity contribution in [1.29, 1.82) is 0 Å². The molecule has 0 saturated carbocycles. The molecule has 8 heteroatoms. The summed E-state index contributed by atoms with van der Waals surface area (Å²) in [4.78, 5) is 17.1. The van der Waals surface area contributed by atoms with E-state index in [1.54, 1.807) is 36.4 Å². The minimum atomic E-state index is -3.97. The number of hydrogen-bond donors (Lipinski definition) is 0. The van der Waals surface area contributed by atoms with Crippen molar-refractivity contribution >= 4 is 38.5 Å². The van der Waals surface area contributed by atoms with E-state index in [0.717, 1.165) is 35.1 Å². The molecule has 1 saturated heterocycles. The Kier molecular flexibility index (Phi) is 6.79. The number of carbonyl (C=O) groups excluding carboxylic acids is 1. The van der Waals surface area contributed by atoms with Gasteiger partial charge in [0.1, 0.15) is 0 Å². The SMILES string of the molecule is C=CCN1C(=O)/C(=C/C=C2/N(C)c3ccccc3C2(C)C)S/C1=N/S(=O)(=O)c1ccc(CC)cc1. The van der Waals surface area contributed by atoms with Crippen LogP contribution in [0.2, 0.25) is 0 Å². The van der Waals surface area contributed by atoms with Gasteiger partial charge < -0.3 is 4.90 Å². The number of anilines is 1. The minimum absolute atomic E-state index is 0.0976. The van der Waals surface area contributed by atoms with Crippen LogP contribution in [-0.2, 0) is 26.7 Å². The van der Waals surface area contributed by atoms with E-state index in [0.29, 0.717) is 4.91 Å². The number of fused-ring (bicyclic) bond motifs is 1. The van der Waals surface area contributed by atoms with Gasteiger partial charge in [0.2, 0.25) is 0 Å². The molecule has 0 radical (unpaired) electrons. The molecule has 2 aliphatic heterocycles. The maximum atomic E-state index is 13.1. The Labute approximate surface area is 211 Å². The van der Waals surface area contributed by atoms with Gasteiger partial charge in [-0.3, -0.25) is 9.69 Å². The molecule has 0 aliphatic carbocycles. The topological polar surface area (TPSA) is 70.1 Å². The van der Waals surface area contributed by atoms with Gasteiger partial charge in [0.15, 0.2) is 5.17 Å². The number of amides is 1. The lowest BCUT2D eigenvalue weighted by Crippen LogP contribution is -2.29. The van der Waals surface area contributed by atoms with Crippen molar-refractivity contribution in [3.05, 3.63) is 95.1 Å². The van der Waals surface area contributed by atoms with Crippen molar-refractivity contribution in [3.63, 3.8) is 0 Å². The number of carbonyl (C=O) groups is 1. The van der Waals surface area contributed by atoms with Gasteiger partial charge in [0.05, 0.1) is 9.80 Å². The fourth-order valence-corrected chi connectivity index (χ4v) is 6.52. The van der Waals surface area contributed by atoms with Crippen LogP contribution in [0.25, 0.3) is 0 Å². The number of allylic oxidation sites excluding steroid dienone is 3. The lowest BCUT2D eigenvalue weighted by Gasteiger charge is -2.23. The van der Waals surface area contributed by atoms with Gasteiger partial charge in [-0.25, -0.2) is 0 Å². The Morgan fingerprint density at radius 1 is 1.09 bits per heavy atom. The first-order valence-electron chi connectivity index (χ1n) is 11.4. The van der Waals surface area contributed by atoms with Gasteiger partial charge >= 0.3 is 0 Å². The number of para-hydroxylation sites is 1. The van der Waals surface area contributed by atoms with Crippen LogP contribution in [0.5, 0.6) is 0 Å². The zero-order valence-corrected chi connectivity index (χ0v) is 22.0. The highest BCUT2D eigenvalue weighted by Crippen LogP contribution is 2.46. The monoisotopic (exact) mass is 507 g/mol. The molecule has 1 fully saturated rings. The van der Waals surface area contributed by atoms with Crippen molar-refractivity contribution in [1.82, 2.24) is 4.90 Å². The Morgan fingerprint density at radius 2 is 1.77 bits per heavy atom. The number of thioether (sulfide) groups is 1. The zero-order valence-electron chi connectivity index (χ0n) is 20.4. The fourth-order valence-electron chi connectivity index (χ4n) is 4.39. The highest BCUT2D eigenvalue weighted by Gasteiger charge is 2.38. The van der Waals surface area contributed by atoms with Crippen molar-refractivity contribution in [2.75, 3.05) is 18.5 Å². The van der Waals surface area contributed by atoms with Crippen LogP contribution in [0.4, 0.5) is 5.69 Å². The molecule has 0 spiro atoms. The third-order valence-corrected chi connectivity index (χ3v) is 8.78. The normalized spacial score (nSPS) is 20.8. The summed E-state index contributed by atoms with van der Waals surface area (Å²) in [6.07, 6.45) is 6.07. The predicted molar refractivity (Wildman–Crippen MR) is 144 cm³/mol. The van der Waals surface area contributed by atoms with Crippen LogP contribution in [-0.4, -0.2) is 38.0 Å². The lowest BCUT2D eigenvalue weighted by atomic mass is 9.84. The average molecular weight is 508 g/mol. The molecular weight excluding hydrogens is 478 g/mol. The van der Waals surface area contributed by atoms with Gasteiger partial charge in [0.25, 0.3) is 15.9 Å². The van der Waals surface area contributed by atoms with E-state index < -0.39 is 10.0 Å². The van der Waals surface area contributed by atoms with Crippen molar-refractivity contribution in [2.24, 2.45) is 4.40 Å². The number of likely N-dealkylation sites (N-methyl/N-ethyl adjacent to an activating group) is 1. The fraction of sp³-hybridized carbons (Fsp3) is 0.259. The Bertz CT molecular complexity index is 1370. The van der Waals surface area contributed by atoms with Crippen molar-refractivity contribution < 1.29 is 13.2 Å². The summed E-state index contributed by atoms with van der Waals surface area (Å²) < 4.78 is 30.0. The molecule has 2 aromatic carbocycles. The maximum absolute atomic E-state index is 13.1. The summed E-state index contributed by atoms with van der Waals surface area (Å²) in [7, 11) is -1.96. The number of nitrogens with zero attached hydrogens (tertiary/aromatic N) is 3. The first-order chi connectivity index (χ1) is 16.6. The average Bonchev–Trinajstić information content (AvgIpc) is 3.22. The molecule has 4 rings (SSSR count). The Morgan fingerprint density at radius 3 is 2.40 bits per heavy atom. The van der Waals surface area contributed by atoms with E-state index in [9.17, 15) is 13.2 Å². The second kappa shape index (κ2) is 9.51. The first kappa shape index (κ1) is 25.0. The molecule has 182 valence electrons. The van der Waals surface area contributed by atoms with Gasteiger partial charge in [-0.1, -0.05) is 57.2 Å². The molecular formula is C27H29N3O3S2. The summed E-state index contributed by atoms with van der Waals surface area (Å²) >= 11 is 1.06. The van der Waals surface area contributed by atoms with Gasteiger partial charge in [-0.2, -0.15) is 8.42 Å². The summed E-state index contributed by atoms with van der Waals surface area (Å²) in [5.74, 6) is -0.294. The van der Waals surface area contributed by atoms with Crippen LogP contribution in [0.3, 0.4) is 0 Å². The molecule has 2 heterocycles. The van der Waals surface area contributed by atoms with E-state index in [-0.39, 0.29) is 27.9 Å². The third kappa shape index (κ3) is 4.60. The zero-order chi connectivity index (χ0) is 25.4. The standard InChI is InChI=1S/C27H29N3O3S2/c1-6-18-30-25(31)23(16-17-24-27(3,4)21-10-8-9-11-22(21)29(24)5)34-26(30)28-35(32,33)20-14-12-19(7-2)13-15-20/h6,8-17H,1,7,18H2,2-5H3/b23-16-,24-17+,28-26+. The summed E-state index contributed by atoms with van der Waals surface area (Å²) in [5.41, 5.74) is 4.19. The maximum Gasteiger partial charge on any atom is 0.284 e. The molecule has 35 heavy (non-hydrogen) atoms. The van der Waals surface area contributed by atoms with Crippen molar-refractivity contribution in [3.8, 4) is 0 Å². The molecule has 6 nitrogen and oxygen atoms in total. The number of sulfonamides is 1. The first-order valence-corrected chi connectivity index (χ1v) is 13.7. The summed E-state index contributed by atoms with van der Waals surface area (Å²) in [5, 5.41) is 0.126. The van der Waals surface area contributed by atoms with Gasteiger partial charge in [0, 0.05) is 30.4 Å². The minimum Gasteiger partial charge on any atom is -0.347 e. The number of rotatable bonds is 6. The van der Waals surface area contributed by atoms with E-state index in [1.165, 1.54) is 10.5 Å². The lowest BCUT2D eigenvalue weighted by molar-refractivity contribution is -0.121.